The van der Waals surface area contributed by atoms with Gasteiger partial charge in [0.25, 0.3) is 0 Å². The molecule has 0 bridgehead atoms. The molecule has 0 saturated carbocycles. The van der Waals surface area contributed by atoms with E-state index in [-0.39, 0.29) is 6.61 Å². The van der Waals surface area contributed by atoms with Gasteiger partial charge >= 0.3 is 0 Å². The molecule has 0 aliphatic carbocycles. The highest BCUT2D eigenvalue weighted by Crippen LogP contribution is 2.47. The third-order valence-corrected chi connectivity index (χ3v) is 3.62. The highest BCUT2D eigenvalue weighted by atomic mass is 79.9. The Morgan fingerprint density at radius 3 is 2.06 bits per heavy atom. The van der Waals surface area contributed by atoms with Gasteiger partial charge in [0.05, 0.1) is 27.9 Å². The summed E-state index contributed by atoms with van der Waals surface area (Å²) in [5.41, 5.74) is 0.421. The molecule has 0 fully saturated rings. The summed E-state index contributed by atoms with van der Waals surface area (Å²) in [4.78, 5) is 0. The fourth-order valence-corrected chi connectivity index (χ4v) is 2.45. The predicted molar refractivity (Wildman–Crippen MR) is 73.9 cm³/mol. The molecule has 102 valence electrons. The van der Waals surface area contributed by atoms with Crippen molar-refractivity contribution >= 4 is 15.9 Å². The summed E-state index contributed by atoms with van der Waals surface area (Å²) in [5.74, 6) is 1.82. The molecule has 1 aromatic carbocycles. The zero-order valence-corrected chi connectivity index (χ0v) is 12.9. The molecule has 0 atom stereocenters. The summed E-state index contributed by atoms with van der Waals surface area (Å²) in [6.07, 6.45) is 0. The van der Waals surface area contributed by atoms with Crippen LogP contribution in [0, 0.1) is 0 Å². The Labute approximate surface area is 116 Å². The van der Waals surface area contributed by atoms with Crippen molar-refractivity contribution in [1.82, 2.24) is 0 Å². The SMILES string of the molecule is COc1cc(C(C)(C)CO)c(OC)c(Br)c1OC. The van der Waals surface area contributed by atoms with Gasteiger partial charge in [-0.25, -0.2) is 0 Å². The molecule has 1 aromatic rings. The number of hydrogen-bond donors (Lipinski definition) is 1. The first-order valence-electron chi connectivity index (χ1n) is 5.52. The minimum atomic E-state index is -0.437. The van der Waals surface area contributed by atoms with Crippen molar-refractivity contribution in [2.45, 2.75) is 19.3 Å². The zero-order chi connectivity index (χ0) is 13.9. The van der Waals surface area contributed by atoms with E-state index in [1.807, 2.05) is 19.9 Å². The van der Waals surface area contributed by atoms with Crippen molar-refractivity contribution in [3.8, 4) is 17.2 Å². The topological polar surface area (TPSA) is 47.9 Å². The molecule has 0 spiro atoms. The van der Waals surface area contributed by atoms with Gasteiger partial charge in [0.15, 0.2) is 11.5 Å². The first kappa shape index (κ1) is 15.1. The Hall–Kier alpha value is -0.940. The van der Waals surface area contributed by atoms with Gasteiger partial charge in [-0.15, -0.1) is 0 Å². The number of aliphatic hydroxyl groups is 1. The molecule has 5 heteroatoms. The zero-order valence-electron chi connectivity index (χ0n) is 11.3. The van der Waals surface area contributed by atoms with Crippen molar-refractivity contribution in [2.75, 3.05) is 27.9 Å². The van der Waals surface area contributed by atoms with E-state index in [1.54, 1.807) is 21.3 Å². The maximum absolute atomic E-state index is 9.51. The average Bonchev–Trinajstić information content (AvgIpc) is 2.37. The van der Waals surface area contributed by atoms with Gasteiger partial charge < -0.3 is 19.3 Å². The van der Waals surface area contributed by atoms with Crippen molar-refractivity contribution in [1.29, 1.82) is 0 Å². The van der Waals surface area contributed by atoms with Crippen LogP contribution in [0.25, 0.3) is 0 Å². The first-order chi connectivity index (χ1) is 8.42. The third kappa shape index (κ3) is 2.57. The van der Waals surface area contributed by atoms with Crippen molar-refractivity contribution < 1.29 is 19.3 Å². The van der Waals surface area contributed by atoms with Crippen LogP contribution in [0.15, 0.2) is 10.5 Å². The first-order valence-corrected chi connectivity index (χ1v) is 6.32. The molecule has 0 saturated heterocycles. The number of ether oxygens (including phenoxy) is 3. The van der Waals surface area contributed by atoms with E-state index in [2.05, 4.69) is 15.9 Å². The lowest BCUT2D eigenvalue weighted by atomic mass is 9.84. The lowest BCUT2D eigenvalue weighted by Crippen LogP contribution is -2.23. The van der Waals surface area contributed by atoms with Gasteiger partial charge in [0, 0.05) is 11.0 Å². The number of rotatable bonds is 5. The average molecular weight is 319 g/mol. The van der Waals surface area contributed by atoms with Gasteiger partial charge in [0.1, 0.15) is 10.2 Å². The summed E-state index contributed by atoms with van der Waals surface area (Å²) < 4.78 is 16.7. The molecule has 0 aromatic heterocycles. The number of hydrogen-bond acceptors (Lipinski definition) is 4. The van der Waals surface area contributed by atoms with Crippen LogP contribution in [0.3, 0.4) is 0 Å². The van der Waals surface area contributed by atoms with E-state index in [1.165, 1.54) is 0 Å². The van der Waals surface area contributed by atoms with Crippen LogP contribution in [0.4, 0.5) is 0 Å². The van der Waals surface area contributed by atoms with E-state index in [4.69, 9.17) is 14.2 Å². The van der Waals surface area contributed by atoms with Crippen molar-refractivity contribution in [3.63, 3.8) is 0 Å². The molecule has 0 aliphatic heterocycles. The standard InChI is InChI=1S/C13H19BrO4/c1-13(2,7-15)8-6-9(16-3)12(18-5)10(14)11(8)17-4/h6,15H,7H2,1-5H3. The number of methoxy groups -OCH3 is 3. The molecule has 1 N–H and O–H groups in total. The third-order valence-electron chi connectivity index (χ3n) is 2.90. The van der Waals surface area contributed by atoms with Crippen molar-refractivity contribution in [2.24, 2.45) is 0 Å². The Morgan fingerprint density at radius 1 is 1.11 bits per heavy atom. The number of halogens is 1. The smallest absolute Gasteiger partial charge is 0.178 e. The van der Waals surface area contributed by atoms with Crippen molar-refractivity contribution in [3.05, 3.63) is 16.1 Å². The monoisotopic (exact) mass is 318 g/mol. The molecule has 1 rings (SSSR count). The molecule has 4 nitrogen and oxygen atoms in total. The Kier molecular flexibility index (Phi) is 4.87. The van der Waals surface area contributed by atoms with Crippen LogP contribution in [-0.4, -0.2) is 33.0 Å². The largest absolute Gasteiger partial charge is 0.495 e. The molecular weight excluding hydrogens is 300 g/mol. The second-order valence-electron chi connectivity index (χ2n) is 4.55. The van der Waals surface area contributed by atoms with Crippen LogP contribution in [0.2, 0.25) is 0 Å². The van der Waals surface area contributed by atoms with Gasteiger partial charge in [-0.1, -0.05) is 13.8 Å². The molecule has 18 heavy (non-hydrogen) atoms. The normalized spacial score (nSPS) is 11.3. The number of aliphatic hydroxyl groups excluding tert-OH is 1. The summed E-state index contributed by atoms with van der Waals surface area (Å²) >= 11 is 3.45. The van der Waals surface area contributed by atoms with Crippen LogP contribution in [0.1, 0.15) is 19.4 Å². The Balaban J connectivity index is 3.57. The van der Waals surface area contributed by atoms with Gasteiger partial charge in [0.2, 0.25) is 0 Å². The van der Waals surface area contributed by atoms with Crippen LogP contribution in [-0.2, 0) is 5.41 Å². The van der Waals surface area contributed by atoms with E-state index in [0.29, 0.717) is 21.7 Å². The summed E-state index contributed by atoms with van der Waals surface area (Å²) in [7, 11) is 4.73. The maximum atomic E-state index is 9.51. The van der Waals surface area contributed by atoms with Crippen LogP contribution >= 0.6 is 15.9 Å². The lowest BCUT2D eigenvalue weighted by molar-refractivity contribution is 0.214. The molecular formula is C13H19BrO4. The molecule has 0 aliphatic rings. The Bertz CT molecular complexity index is 429. The van der Waals surface area contributed by atoms with Gasteiger partial charge in [-0.2, -0.15) is 0 Å². The molecule has 0 heterocycles. The van der Waals surface area contributed by atoms with Gasteiger partial charge in [-0.3, -0.25) is 0 Å². The maximum Gasteiger partial charge on any atom is 0.178 e. The summed E-state index contributed by atoms with van der Waals surface area (Å²) in [6, 6.07) is 1.83. The summed E-state index contributed by atoms with van der Waals surface area (Å²) in [5, 5.41) is 9.51. The second-order valence-corrected chi connectivity index (χ2v) is 5.34. The quantitative estimate of drug-likeness (QED) is 0.906. The highest BCUT2D eigenvalue weighted by molar-refractivity contribution is 9.10. The fourth-order valence-electron chi connectivity index (χ4n) is 1.72. The minimum absolute atomic E-state index is 0.00524. The Morgan fingerprint density at radius 2 is 1.67 bits per heavy atom. The highest BCUT2D eigenvalue weighted by Gasteiger charge is 2.28. The lowest BCUT2D eigenvalue weighted by Gasteiger charge is -2.27. The minimum Gasteiger partial charge on any atom is -0.495 e. The molecule has 0 unspecified atom stereocenters. The van der Waals surface area contributed by atoms with Crippen LogP contribution < -0.4 is 14.2 Å². The number of benzene rings is 1. The van der Waals surface area contributed by atoms with Crippen LogP contribution in [0.5, 0.6) is 17.2 Å². The molecule has 0 amide bonds. The second kappa shape index (κ2) is 5.80. The van der Waals surface area contributed by atoms with E-state index < -0.39 is 5.41 Å². The summed E-state index contributed by atoms with van der Waals surface area (Å²) in [6.45, 7) is 3.87. The van der Waals surface area contributed by atoms with Gasteiger partial charge in [-0.05, 0) is 22.0 Å². The van der Waals surface area contributed by atoms with E-state index in [0.717, 1.165) is 5.56 Å². The fraction of sp³-hybridized carbons (Fsp3) is 0.538. The van der Waals surface area contributed by atoms with E-state index >= 15 is 0 Å². The molecule has 0 radical (unpaired) electrons. The van der Waals surface area contributed by atoms with E-state index in [9.17, 15) is 5.11 Å². The predicted octanol–water partition coefficient (Wildman–Crippen LogP) is 2.74.